The minimum atomic E-state index is -1.82. The topological polar surface area (TPSA) is 356 Å². The molecule has 0 saturated carbocycles. The van der Waals surface area contributed by atoms with Crippen molar-refractivity contribution in [2.45, 2.75) is 112 Å². The molecule has 470 valence electrons. The number of hydrogen-bond acceptors (Lipinski definition) is 15. The van der Waals surface area contributed by atoms with Crippen LogP contribution in [0, 0.1) is 0 Å². The van der Waals surface area contributed by atoms with Crippen molar-refractivity contribution in [2.24, 2.45) is 5.73 Å². The van der Waals surface area contributed by atoms with Crippen LogP contribution in [0.5, 0.6) is 0 Å². The molecule has 0 radical (unpaired) electrons. The Morgan fingerprint density at radius 2 is 0.400 bits per heavy atom. The molecule has 21 aliphatic heterocycles. The van der Waals surface area contributed by atoms with Gasteiger partial charge in [-0.2, -0.15) is 0 Å². The molecule has 0 unspecified atom stereocenters. The van der Waals surface area contributed by atoms with Gasteiger partial charge in [0, 0.05) is 0 Å². The third-order valence-corrected chi connectivity index (χ3v) is 24.0. The molecule has 0 aliphatic carbocycles. The number of unbranched alkanes of at least 4 members (excludes halogenated alkanes) is 1. The van der Waals surface area contributed by atoms with Crippen molar-refractivity contribution in [1.29, 1.82) is 0 Å². The van der Waals surface area contributed by atoms with Crippen molar-refractivity contribution in [2.75, 3.05) is 99.9 Å². The minimum Gasteiger partial charge on any atom is -0.330 e. The van der Waals surface area contributed by atoms with Crippen LogP contribution < -0.4 is 5.73 Å². The second kappa shape index (κ2) is 14.4. The van der Waals surface area contributed by atoms with E-state index in [2.05, 4.69) is 0 Å². The Morgan fingerprint density at radius 1 is 0.244 bits per heavy atom. The molecule has 0 aromatic rings. The highest BCUT2D eigenvalue weighted by atomic mass is 16.3. The lowest BCUT2D eigenvalue weighted by Crippen LogP contribution is -2.72. The number of nitrogens with two attached hydrogens (primary N) is 1. The van der Waals surface area contributed by atoms with Gasteiger partial charge in [0.2, 0.25) is 0 Å². The monoisotopic (exact) mass is 1250 g/mol. The second-order valence-electron chi connectivity index (χ2n) is 27.0. The Balaban J connectivity index is 0.749. The maximum Gasteiger partial charge on any atom is 0.326 e. The first kappa shape index (κ1) is 48.7. The van der Waals surface area contributed by atoms with E-state index in [0.29, 0.717) is 6.42 Å². The summed E-state index contributed by atoms with van der Waals surface area (Å²) in [6.07, 6.45) is -14.3. The van der Waals surface area contributed by atoms with Gasteiger partial charge in [-0.1, -0.05) is 0 Å². The number of rotatable bonds is 4. The molecule has 21 aliphatic rings. The SMILES string of the molecule is CC12N3CN4C(=O)N5CN6C(=O)N7CN8C(=O)N9CN%10C(=O)N%11CN%12C(=O)N%13CN%14C(=O)N%15CN(C3=O)C1(CCCCN)N1CN3C(=O)N(CN%16C(=O)N(CN%17C(=O)N(CN%18C(=O)N(CN%19C(=O)N(CN%20C(=O)N(CN2C1=O)C4C5%20)C6C7%19)C8C9%18)C%10C%11%17)C%12C%13%16)C%14C%153. The summed E-state index contributed by atoms with van der Waals surface area (Å²) in [6.45, 7) is -5.57. The molecule has 21 heterocycles. The predicted molar refractivity (Wildman–Crippen MR) is 275 cm³/mol. The zero-order valence-electron chi connectivity index (χ0n) is 47.5. The van der Waals surface area contributed by atoms with Crippen molar-refractivity contribution in [3.63, 3.8) is 0 Å². The minimum absolute atomic E-state index is 0.00559. The van der Waals surface area contributed by atoms with Crippen molar-refractivity contribution in [3.05, 3.63) is 0 Å². The van der Waals surface area contributed by atoms with Gasteiger partial charge in [0.25, 0.3) is 0 Å². The van der Waals surface area contributed by atoms with E-state index in [4.69, 9.17) is 5.73 Å². The van der Waals surface area contributed by atoms with Crippen LogP contribution in [0.1, 0.15) is 26.2 Å². The van der Waals surface area contributed by atoms with Crippen LogP contribution in [0.3, 0.4) is 0 Å². The Labute approximate surface area is 504 Å². The van der Waals surface area contributed by atoms with Crippen LogP contribution in [0.2, 0.25) is 0 Å². The zero-order valence-corrected chi connectivity index (χ0v) is 47.5. The number of hydrogen-bond donors (Lipinski definition) is 1. The molecule has 0 bridgehead atoms. The van der Waals surface area contributed by atoms with Crippen molar-refractivity contribution < 1.29 is 67.1 Å². The first-order valence-electron chi connectivity index (χ1n) is 30.1. The largest absolute Gasteiger partial charge is 0.330 e. The zero-order chi connectivity index (χ0) is 60.9. The summed E-state index contributed by atoms with van der Waals surface area (Å²) >= 11 is 0. The molecule has 90 heavy (non-hydrogen) atoms. The van der Waals surface area contributed by atoms with Gasteiger partial charge < -0.3 is 5.73 Å². The van der Waals surface area contributed by atoms with Gasteiger partial charge in [-0.05, 0) is 32.7 Å². The molecule has 2 N–H and O–H groups in total. The summed E-state index contributed by atoms with van der Waals surface area (Å²) in [6, 6.07) is -10.1. The average molecular weight is 1250 g/mol. The van der Waals surface area contributed by atoms with Gasteiger partial charge in [-0.15, -0.1) is 0 Å². The first-order valence-corrected chi connectivity index (χ1v) is 30.1. The van der Waals surface area contributed by atoms with E-state index in [1.807, 2.05) is 0 Å². The van der Waals surface area contributed by atoms with Crippen molar-refractivity contribution >= 4 is 84.4 Å². The molecule has 0 spiro atoms. The van der Waals surface area contributed by atoms with E-state index in [0.717, 1.165) is 0 Å². The number of urea groups is 14. The quantitative estimate of drug-likeness (QED) is 0.257. The van der Waals surface area contributed by atoms with Gasteiger partial charge >= 0.3 is 84.4 Å². The van der Waals surface area contributed by atoms with E-state index in [9.17, 15) is 0 Å². The molecule has 43 heteroatoms. The van der Waals surface area contributed by atoms with Crippen LogP contribution in [-0.2, 0) is 0 Å². The molecule has 21 saturated heterocycles. The number of nitrogens with zero attached hydrogens (tertiary/aromatic N) is 28. The lowest BCUT2D eigenvalue weighted by Gasteiger charge is -2.52. The van der Waals surface area contributed by atoms with E-state index in [1.165, 1.54) is 137 Å². The highest BCUT2D eigenvalue weighted by Gasteiger charge is 2.82. The summed E-state index contributed by atoms with van der Waals surface area (Å²) < 4.78 is 0. The van der Waals surface area contributed by atoms with Crippen LogP contribution in [0.4, 0.5) is 67.1 Å². The number of carbonyl (C=O) groups excluding carboxylic acids is 14. The molecule has 0 aromatic heterocycles. The highest BCUT2D eigenvalue weighted by Crippen LogP contribution is 2.59. The molecule has 28 amide bonds. The van der Waals surface area contributed by atoms with Gasteiger partial charge in [-0.3, -0.25) is 137 Å². The van der Waals surface area contributed by atoms with Crippen LogP contribution in [-0.4, -0.2) is 407 Å². The lowest BCUT2D eigenvalue weighted by molar-refractivity contribution is -0.120. The van der Waals surface area contributed by atoms with E-state index < -0.39 is 263 Å². The van der Waals surface area contributed by atoms with Gasteiger partial charge in [0.05, 0.1) is 0 Å². The molecular formula is C47H53N29O14. The van der Waals surface area contributed by atoms with E-state index >= 15 is 67.1 Å². The molecular weight excluding hydrogens is 1190 g/mol. The second-order valence-corrected chi connectivity index (χ2v) is 27.0. The lowest BCUT2D eigenvalue weighted by atomic mass is 9.87. The van der Waals surface area contributed by atoms with Crippen LogP contribution >= 0.6 is 0 Å². The summed E-state index contributed by atoms with van der Waals surface area (Å²) in [5, 5.41) is 0. The Bertz CT molecular complexity index is 3540. The normalized spacial score (nSPS) is 40.1. The maximum atomic E-state index is 16.2. The third-order valence-electron chi connectivity index (χ3n) is 24.0. The number of amides is 28. The maximum absolute atomic E-state index is 16.2. The highest BCUT2D eigenvalue weighted by molar-refractivity contribution is 5.96. The first-order chi connectivity index (χ1) is 43.3. The smallest absolute Gasteiger partial charge is 0.326 e. The molecule has 0 atom stereocenters. The van der Waals surface area contributed by atoms with Gasteiger partial charge in [0.1, 0.15) is 93.4 Å². The summed E-state index contributed by atoms with van der Waals surface area (Å²) in [5.74, 6) is 0. The molecule has 43 nitrogen and oxygen atoms in total. The third kappa shape index (κ3) is 4.56. The predicted octanol–water partition coefficient (Wildman–Crippen LogP) is -5.72. The number of carbonyl (C=O) groups is 14. The Morgan fingerprint density at radius 3 is 0.567 bits per heavy atom. The van der Waals surface area contributed by atoms with E-state index in [-0.39, 0.29) is 19.4 Å². The Kier molecular flexibility index (Phi) is 7.80. The van der Waals surface area contributed by atoms with Crippen LogP contribution in [0.25, 0.3) is 0 Å². The van der Waals surface area contributed by atoms with Crippen molar-refractivity contribution in [3.8, 4) is 0 Å². The van der Waals surface area contributed by atoms with E-state index in [1.54, 1.807) is 6.92 Å². The summed E-state index contributed by atoms with van der Waals surface area (Å²) in [5.41, 5.74) is 2.53. The fourth-order valence-corrected chi connectivity index (χ4v) is 20.3. The molecule has 21 fully saturated rings. The standard InChI is InChI=1S/C47H53N29O14/c1-46-47(4-2-3-5-48)75-18-71-31-29-67(42(71)87)14-63-27-25-59(38(63)83)10-55-23-21-51(34(55)79)6-49-20-22-53(32(49)77)8-57-24-26-61(36(57)81)12-65-28-30(69(40(65)85)16-73(46)44(75)89)70-17-74(46)45(90)76(47)19-72(31)43(88)68(29)15-64(27)39(84)60(25)11-56(23)35(80)52(21)7-50(20)33(78)54(22)9-58(24)37(82)62(26)13-66(28)41(70)86/h20-31H,2-19,48H2,1H3. The van der Waals surface area contributed by atoms with Crippen molar-refractivity contribution in [1.82, 2.24) is 137 Å². The van der Waals surface area contributed by atoms with Gasteiger partial charge in [-0.25, -0.2) is 67.1 Å². The fourth-order valence-electron chi connectivity index (χ4n) is 20.3. The fraction of sp³-hybridized carbons (Fsp3) is 0.702. The molecule has 0 aromatic carbocycles. The van der Waals surface area contributed by atoms with Gasteiger partial charge in [0.15, 0.2) is 85.3 Å². The summed E-state index contributed by atoms with van der Waals surface area (Å²) in [4.78, 5) is 256. The average Bonchev–Trinajstić information content (AvgIpc) is 1.49. The Hall–Kier alpha value is -10.3. The molecule has 21 rings (SSSR count). The summed E-state index contributed by atoms with van der Waals surface area (Å²) in [7, 11) is 0. The van der Waals surface area contributed by atoms with Crippen LogP contribution in [0.15, 0.2) is 0 Å².